The maximum atomic E-state index is 12.7. The summed E-state index contributed by atoms with van der Waals surface area (Å²) in [5, 5.41) is 14.8. The minimum absolute atomic E-state index is 0.389. The average molecular weight is 435 g/mol. The number of carboxylic acid groups (broad SMARTS) is 2. The molecule has 0 aliphatic carbocycles. The van der Waals surface area contributed by atoms with Crippen molar-refractivity contribution in [2.24, 2.45) is 0 Å². The van der Waals surface area contributed by atoms with E-state index in [1.807, 2.05) is 19.1 Å². The lowest BCUT2D eigenvalue weighted by Crippen LogP contribution is -2.48. The van der Waals surface area contributed by atoms with Crippen LogP contribution in [0.2, 0.25) is 0 Å². The molecule has 1 aliphatic rings. The first kappa shape index (κ1) is 23.5. The number of rotatable bonds is 4. The summed E-state index contributed by atoms with van der Waals surface area (Å²) in [5.74, 6) is -3.65. The molecule has 0 aromatic heterocycles. The first-order valence-electron chi connectivity index (χ1n) is 9.40. The topological polar surface area (TPSA) is 115 Å². The van der Waals surface area contributed by atoms with Crippen molar-refractivity contribution >= 4 is 22.0 Å². The van der Waals surface area contributed by atoms with E-state index in [1.54, 1.807) is 16.4 Å². The molecule has 2 N–H and O–H groups in total. The molecule has 2 aromatic rings. The molecule has 0 unspecified atom stereocenters. The van der Waals surface area contributed by atoms with Crippen LogP contribution in [-0.2, 0) is 26.2 Å². The van der Waals surface area contributed by atoms with E-state index in [0.717, 1.165) is 25.2 Å². The van der Waals surface area contributed by atoms with Gasteiger partial charge in [-0.25, -0.2) is 18.0 Å². The summed E-state index contributed by atoms with van der Waals surface area (Å²) in [6.07, 6.45) is 0. The van der Waals surface area contributed by atoms with Gasteiger partial charge in [0, 0.05) is 32.7 Å². The van der Waals surface area contributed by atoms with Crippen LogP contribution in [0.1, 0.15) is 16.7 Å². The fourth-order valence-electron chi connectivity index (χ4n) is 2.94. The van der Waals surface area contributed by atoms with E-state index in [0.29, 0.717) is 18.0 Å². The van der Waals surface area contributed by atoms with Crippen LogP contribution in [0.4, 0.5) is 0 Å². The molecular formula is C21H26N2O6S. The summed E-state index contributed by atoms with van der Waals surface area (Å²) in [7, 11) is -3.37. The number of benzene rings is 2. The third-order valence-corrected chi connectivity index (χ3v) is 6.61. The molecule has 0 spiro atoms. The molecule has 0 radical (unpaired) electrons. The second kappa shape index (κ2) is 10.3. The van der Waals surface area contributed by atoms with Gasteiger partial charge >= 0.3 is 11.9 Å². The van der Waals surface area contributed by atoms with Gasteiger partial charge in [0.05, 0.1) is 4.90 Å². The predicted molar refractivity (Wildman–Crippen MR) is 112 cm³/mol. The van der Waals surface area contributed by atoms with E-state index in [9.17, 15) is 8.42 Å². The van der Waals surface area contributed by atoms with Crippen LogP contribution in [0.3, 0.4) is 0 Å². The van der Waals surface area contributed by atoms with Gasteiger partial charge in [-0.2, -0.15) is 4.31 Å². The Morgan fingerprint density at radius 2 is 1.23 bits per heavy atom. The van der Waals surface area contributed by atoms with Gasteiger partial charge in [0.2, 0.25) is 10.0 Å². The van der Waals surface area contributed by atoms with Crippen molar-refractivity contribution in [1.82, 2.24) is 9.21 Å². The van der Waals surface area contributed by atoms with Crippen molar-refractivity contribution in [3.63, 3.8) is 0 Å². The highest BCUT2D eigenvalue weighted by atomic mass is 32.2. The Morgan fingerprint density at radius 1 is 0.800 bits per heavy atom. The van der Waals surface area contributed by atoms with E-state index >= 15 is 0 Å². The first-order valence-corrected chi connectivity index (χ1v) is 10.8. The van der Waals surface area contributed by atoms with Crippen molar-refractivity contribution in [1.29, 1.82) is 0 Å². The fourth-order valence-corrected chi connectivity index (χ4v) is 4.36. The van der Waals surface area contributed by atoms with E-state index in [-0.39, 0.29) is 0 Å². The molecular weight excluding hydrogens is 408 g/mol. The molecule has 0 bridgehead atoms. The highest BCUT2D eigenvalue weighted by Gasteiger charge is 2.28. The van der Waals surface area contributed by atoms with Crippen molar-refractivity contribution in [3.05, 3.63) is 65.2 Å². The normalized spacial score (nSPS) is 15.1. The Hall–Kier alpha value is -2.75. The van der Waals surface area contributed by atoms with E-state index in [1.165, 1.54) is 11.1 Å². The Morgan fingerprint density at radius 3 is 1.67 bits per heavy atom. The molecule has 2 aromatic carbocycles. The van der Waals surface area contributed by atoms with Crippen LogP contribution in [-0.4, -0.2) is 66.0 Å². The maximum Gasteiger partial charge on any atom is 0.414 e. The van der Waals surface area contributed by atoms with Gasteiger partial charge in [-0.3, -0.25) is 4.90 Å². The molecule has 162 valence electrons. The molecule has 8 nitrogen and oxygen atoms in total. The monoisotopic (exact) mass is 434 g/mol. The summed E-state index contributed by atoms with van der Waals surface area (Å²) in [4.78, 5) is 20.9. The summed E-state index contributed by atoms with van der Waals surface area (Å²) < 4.78 is 27.0. The molecule has 0 atom stereocenters. The quantitative estimate of drug-likeness (QED) is 0.707. The molecule has 30 heavy (non-hydrogen) atoms. The number of piperazine rings is 1. The largest absolute Gasteiger partial charge is 0.473 e. The number of carbonyl (C=O) groups is 2. The zero-order chi connectivity index (χ0) is 22.3. The molecule has 3 rings (SSSR count). The summed E-state index contributed by atoms with van der Waals surface area (Å²) in [5.41, 5.74) is 3.60. The van der Waals surface area contributed by atoms with Crippen LogP contribution in [0.25, 0.3) is 0 Å². The highest BCUT2D eigenvalue weighted by molar-refractivity contribution is 7.89. The van der Waals surface area contributed by atoms with Gasteiger partial charge < -0.3 is 10.2 Å². The Balaban J connectivity index is 0.000000469. The van der Waals surface area contributed by atoms with Crippen molar-refractivity contribution in [2.75, 3.05) is 26.2 Å². The van der Waals surface area contributed by atoms with Gasteiger partial charge in [-0.1, -0.05) is 47.5 Å². The van der Waals surface area contributed by atoms with Crippen LogP contribution in [0.15, 0.2) is 53.4 Å². The number of aryl methyl sites for hydroxylation is 2. The molecule has 9 heteroatoms. The lowest BCUT2D eigenvalue weighted by molar-refractivity contribution is -0.159. The molecule has 1 saturated heterocycles. The number of hydrogen-bond acceptors (Lipinski definition) is 5. The lowest BCUT2D eigenvalue weighted by atomic mass is 10.1. The SMILES string of the molecule is Cc1ccc(CN2CCN(S(=O)(=O)c3ccc(C)cc3)CC2)cc1.O=C(O)C(=O)O. The number of carboxylic acids is 2. The third kappa shape index (κ3) is 6.65. The standard InChI is InChI=1S/C19H24N2O2S.C2H2O4/c1-16-3-7-18(8-4-16)15-20-11-13-21(14-12-20)24(22,23)19-9-5-17(2)6-10-19;3-1(4)2(5)6/h3-10H,11-15H2,1-2H3;(H,3,4)(H,5,6). The van der Waals surface area contributed by atoms with Gasteiger partial charge in [-0.15, -0.1) is 0 Å². The molecule has 0 amide bonds. The van der Waals surface area contributed by atoms with Crippen LogP contribution in [0, 0.1) is 13.8 Å². The van der Waals surface area contributed by atoms with Crippen LogP contribution < -0.4 is 0 Å². The Labute approximate surface area is 176 Å². The Kier molecular flexibility index (Phi) is 8.10. The summed E-state index contributed by atoms with van der Waals surface area (Å²) in [6, 6.07) is 15.6. The number of nitrogens with zero attached hydrogens (tertiary/aromatic N) is 2. The number of aliphatic carboxylic acids is 2. The molecule has 1 heterocycles. The molecule has 1 aliphatic heterocycles. The van der Waals surface area contributed by atoms with Crippen molar-refractivity contribution < 1.29 is 28.2 Å². The third-order valence-electron chi connectivity index (χ3n) is 4.70. The van der Waals surface area contributed by atoms with Gasteiger partial charge in [0.1, 0.15) is 0 Å². The lowest BCUT2D eigenvalue weighted by Gasteiger charge is -2.34. The van der Waals surface area contributed by atoms with Gasteiger partial charge in [0.25, 0.3) is 0 Å². The zero-order valence-corrected chi connectivity index (χ0v) is 17.8. The zero-order valence-electron chi connectivity index (χ0n) is 17.0. The maximum absolute atomic E-state index is 12.7. The van der Waals surface area contributed by atoms with Gasteiger partial charge in [0.15, 0.2) is 0 Å². The number of sulfonamides is 1. The van der Waals surface area contributed by atoms with Crippen molar-refractivity contribution in [2.45, 2.75) is 25.3 Å². The predicted octanol–water partition coefficient (Wildman–Crippen LogP) is 1.97. The van der Waals surface area contributed by atoms with Crippen LogP contribution in [0.5, 0.6) is 0 Å². The molecule has 0 saturated carbocycles. The number of hydrogen-bond donors (Lipinski definition) is 2. The fraction of sp³-hybridized carbons (Fsp3) is 0.333. The first-order chi connectivity index (χ1) is 14.1. The van der Waals surface area contributed by atoms with Crippen molar-refractivity contribution in [3.8, 4) is 0 Å². The summed E-state index contributed by atoms with van der Waals surface area (Å²) in [6.45, 7) is 7.53. The van der Waals surface area contributed by atoms with E-state index in [4.69, 9.17) is 19.8 Å². The minimum atomic E-state index is -3.37. The second-order valence-electron chi connectivity index (χ2n) is 7.09. The Bertz CT molecular complexity index is 952. The van der Waals surface area contributed by atoms with Gasteiger partial charge in [-0.05, 0) is 31.5 Å². The van der Waals surface area contributed by atoms with E-state index in [2.05, 4.69) is 36.1 Å². The van der Waals surface area contributed by atoms with E-state index < -0.39 is 22.0 Å². The summed E-state index contributed by atoms with van der Waals surface area (Å²) >= 11 is 0. The average Bonchev–Trinajstić information content (AvgIpc) is 2.71. The smallest absolute Gasteiger partial charge is 0.414 e. The molecule has 1 fully saturated rings. The minimum Gasteiger partial charge on any atom is -0.473 e. The second-order valence-corrected chi connectivity index (χ2v) is 9.03. The van der Waals surface area contributed by atoms with Crippen LogP contribution >= 0.6 is 0 Å². The highest BCUT2D eigenvalue weighted by Crippen LogP contribution is 2.19.